The molecule has 1 aromatic carbocycles. The third-order valence-corrected chi connectivity index (χ3v) is 6.19. The van der Waals surface area contributed by atoms with E-state index in [4.69, 9.17) is 9.72 Å². The van der Waals surface area contributed by atoms with Crippen molar-refractivity contribution in [1.29, 1.82) is 0 Å². The topological polar surface area (TPSA) is 72.3 Å². The number of urea groups is 1. The Morgan fingerprint density at radius 2 is 2.19 bits per heavy atom. The van der Waals surface area contributed by atoms with E-state index < -0.39 is 0 Å². The van der Waals surface area contributed by atoms with Crippen LogP contribution in [0, 0.1) is 0 Å². The summed E-state index contributed by atoms with van der Waals surface area (Å²) in [5.41, 5.74) is 2.78. The van der Waals surface area contributed by atoms with Gasteiger partial charge in [0, 0.05) is 25.7 Å². The molecule has 0 bridgehead atoms. The third-order valence-electron chi connectivity index (χ3n) is 5.05. The van der Waals surface area contributed by atoms with Crippen molar-refractivity contribution in [2.75, 3.05) is 25.1 Å². The van der Waals surface area contributed by atoms with Crippen LogP contribution in [0.4, 0.5) is 10.5 Å². The van der Waals surface area contributed by atoms with Crippen LogP contribution in [0.1, 0.15) is 35.5 Å². The van der Waals surface area contributed by atoms with Crippen LogP contribution >= 0.6 is 11.3 Å². The highest BCUT2D eigenvalue weighted by molar-refractivity contribution is 7.18. The average molecular weight is 383 g/mol. The maximum Gasteiger partial charge on any atom is 0.322 e. The Balaban J connectivity index is 1.40. The molecule has 1 aliphatic heterocycles. The van der Waals surface area contributed by atoms with Crippen LogP contribution in [0.5, 0.6) is 0 Å². The lowest BCUT2D eigenvalue weighted by molar-refractivity contribution is 0.0147. The van der Waals surface area contributed by atoms with Crippen molar-refractivity contribution in [3.05, 3.63) is 41.2 Å². The van der Waals surface area contributed by atoms with Crippen LogP contribution < -0.4 is 5.32 Å². The number of benzene rings is 1. The molecule has 8 heteroatoms. The number of hydrogen-bond donors (Lipinski definition) is 1. The van der Waals surface area contributed by atoms with Gasteiger partial charge in [0.2, 0.25) is 0 Å². The monoisotopic (exact) mass is 383 g/mol. The average Bonchev–Trinajstić information content (AvgIpc) is 3.32. The van der Waals surface area contributed by atoms with E-state index in [1.54, 1.807) is 16.0 Å². The molecule has 0 radical (unpaired) electrons. The number of carbonyl (C=O) groups excluding carboxylic acids is 1. The minimum atomic E-state index is -0.169. The first-order chi connectivity index (χ1) is 13.2. The van der Waals surface area contributed by atoms with E-state index in [0.29, 0.717) is 25.7 Å². The number of anilines is 1. The second-order valence-corrected chi connectivity index (χ2v) is 8.17. The number of carbonyl (C=O) groups is 1. The number of amides is 2. The van der Waals surface area contributed by atoms with Crippen molar-refractivity contribution in [3.63, 3.8) is 0 Å². The van der Waals surface area contributed by atoms with E-state index in [1.165, 1.54) is 0 Å². The van der Waals surface area contributed by atoms with Crippen molar-refractivity contribution in [2.24, 2.45) is 7.05 Å². The SMILES string of the molecule is Cn1cc(NC(=O)N2CCOCC2c2nc3ccccc3s2)c(C2CC2)n1. The first-order valence-electron chi connectivity index (χ1n) is 9.23. The zero-order valence-corrected chi connectivity index (χ0v) is 15.9. The van der Waals surface area contributed by atoms with Crippen molar-refractivity contribution < 1.29 is 9.53 Å². The van der Waals surface area contributed by atoms with Crippen LogP contribution in [-0.4, -0.2) is 45.5 Å². The molecule has 3 heterocycles. The summed E-state index contributed by atoms with van der Waals surface area (Å²) in [4.78, 5) is 19.6. The predicted molar refractivity (Wildman–Crippen MR) is 104 cm³/mol. The van der Waals surface area contributed by atoms with Gasteiger partial charge in [-0.15, -0.1) is 11.3 Å². The molecule has 5 rings (SSSR count). The number of rotatable bonds is 3. The van der Waals surface area contributed by atoms with Gasteiger partial charge in [0.15, 0.2) is 0 Å². The molecule has 1 saturated heterocycles. The number of aryl methyl sites for hydroxylation is 1. The Bertz CT molecular complexity index is 960. The summed E-state index contributed by atoms with van der Waals surface area (Å²) in [7, 11) is 1.89. The maximum atomic E-state index is 13.1. The zero-order chi connectivity index (χ0) is 18.4. The summed E-state index contributed by atoms with van der Waals surface area (Å²) >= 11 is 1.62. The van der Waals surface area contributed by atoms with E-state index in [9.17, 15) is 4.79 Å². The summed E-state index contributed by atoms with van der Waals surface area (Å²) in [5.74, 6) is 0.478. The van der Waals surface area contributed by atoms with E-state index in [-0.39, 0.29) is 12.1 Å². The third kappa shape index (κ3) is 3.19. The number of thiazole rings is 1. The van der Waals surface area contributed by atoms with Crippen molar-refractivity contribution in [2.45, 2.75) is 24.8 Å². The molecule has 2 aliphatic rings. The van der Waals surface area contributed by atoms with Gasteiger partial charge in [0.1, 0.15) is 11.0 Å². The van der Waals surface area contributed by atoms with Gasteiger partial charge in [-0.1, -0.05) is 12.1 Å². The molecule has 3 aromatic rings. The lowest BCUT2D eigenvalue weighted by Gasteiger charge is -2.34. The minimum Gasteiger partial charge on any atom is -0.377 e. The number of aromatic nitrogens is 3. The fraction of sp³-hybridized carbons (Fsp3) is 0.421. The molecule has 2 amide bonds. The summed E-state index contributed by atoms with van der Waals surface area (Å²) < 4.78 is 8.57. The van der Waals surface area contributed by atoms with Gasteiger partial charge in [-0.05, 0) is 25.0 Å². The molecule has 1 aliphatic carbocycles. The summed E-state index contributed by atoms with van der Waals surface area (Å²) in [6.45, 7) is 1.55. The Morgan fingerprint density at radius 3 is 3.00 bits per heavy atom. The normalized spacial score (nSPS) is 20.2. The quantitative estimate of drug-likeness (QED) is 0.751. The number of hydrogen-bond acceptors (Lipinski definition) is 5. The highest BCUT2D eigenvalue weighted by atomic mass is 32.1. The second-order valence-electron chi connectivity index (χ2n) is 7.11. The molecule has 1 atom stereocenters. The first kappa shape index (κ1) is 16.7. The van der Waals surface area contributed by atoms with Gasteiger partial charge in [0.25, 0.3) is 0 Å². The highest BCUT2D eigenvalue weighted by Crippen LogP contribution is 2.42. The number of para-hydroxylation sites is 1. The van der Waals surface area contributed by atoms with Gasteiger partial charge in [0.05, 0.1) is 34.8 Å². The molecule has 27 heavy (non-hydrogen) atoms. The molecular formula is C19H21N5O2S. The zero-order valence-electron chi connectivity index (χ0n) is 15.1. The summed E-state index contributed by atoms with van der Waals surface area (Å²) in [6.07, 6.45) is 4.18. The van der Waals surface area contributed by atoms with E-state index in [2.05, 4.69) is 16.5 Å². The Kier molecular flexibility index (Phi) is 4.09. The smallest absolute Gasteiger partial charge is 0.322 e. The largest absolute Gasteiger partial charge is 0.377 e. The molecule has 1 N–H and O–H groups in total. The van der Waals surface area contributed by atoms with E-state index >= 15 is 0 Å². The molecule has 7 nitrogen and oxygen atoms in total. The lowest BCUT2D eigenvalue weighted by atomic mass is 10.2. The fourth-order valence-electron chi connectivity index (χ4n) is 3.53. The molecule has 1 saturated carbocycles. The van der Waals surface area contributed by atoms with Gasteiger partial charge in [-0.3, -0.25) is 4.68 Å². The maximum absolute atomic E-state index is 13.1. The van der Waals surface area contributed by atoms with Crippen molar-refractivity contribution in [3.8, 4) is 0 Å². The number of nitrogens with one attached hydrogen (secondary N) is 1. The number of fused-ring (bicyclic) bond motifs is 1. The van der Waals surface area contributed by atoms with Crippen LogP contribution in [0.3, 0.4) is 0 Å². The Labute approximate surface area is 160 Å². The Hall–Kier alpha value is -2.45. The molecule has 140 valence electrons. The molecule has 1 unspecified atom stereocenters. The first-order valence-corrected chi connectivity index (χ1v) is 10.0. The van der Waals surface area contributed by atoms with E-state index in [1.807, 2.05) is 36.3 Å². The number of ether oxygens (including phenoxy) is 1. The van der Waals surface area contributed by atoms with Crippen LogP contribution in [0.25, 0.3) is 10.2 Å². The van der Waals surface area contributed by atoms with Crippen LogP contribution in [0.2, 0.25) is 0 Å². The predicted octanol–water partition coefficient (Wildman–Crippen LogP) is 3.51. The summed E-state index contributed by atoms with van der Waals surface area (Å²) in [6, 6.07) is 7.77. The molecule has 0 spiro atoms. The summed E-state index contributed by atoms with van der Waals surface area (Å²) in [5, 5.41) is 8.52. The van der Waals surface area contributed by atoms with E-state index in [0.717, 1.165) is 39.4 Å². The lowest BCUT2D eigenvalue weighted by Crippen LogP contribution is -2.45. The molecular weight excluding hydrogens is 362 g/mol. The van der Waals surface area contributed by atoms with Gasteiger partial charge in [-0.25, -0.2) is 9.78 Å². The van der Waals surface area contributed by atoms with Gasteiger partial charge < -0.3 is 15.0 Å². The fourth-order valence-corrected chi connectivity index (χ4v) is 4.60. The highest BCUT2D eigenvalue weighted by Gasteiger charge is 2.34. The van der Waals surface area contributed by atoms with Gasteiger partial charge >= 0.3 is 6.03 Å². The second kappa shape index (κ2) is 6.61. The molecule has 2 aromatic heterocycles. The van der Waals surface area contributed by atoms with Crippen LogP contribution in [0.15, 0.2) is 30.5 Å². The molecule has 2 fully saturated rings. The minimum absolute atomic E-state index is 0.113. The number of nitrogens with zero attached hydrogens (tertiary/aromatic N) is 4. The Morgan fingerprint density at radius 1 is 1.33 bits per heavy atom. The van der Waals surface area contributed by atoms with Gasteiger partial charge in [-0.2, -0.15) is 5.10 Å². The number of morpholine rings is 1. The van der Waals surface area contributed by atoms with Crippen molar-refractivity contribution in [1.82, 2.24) is 19.7 Å². The van der Waals surface area contributed by atoms with Crippen molar-refractivity contribution >= 4 is 33.3 Å². The standard InChI is InChI=1S/C19H21N5O2S/c1-23-10-14(17(22-23)12-6-7-12)21-19(25)24-8-9-26-11-15(24)18-20-13-4-2-3-5-16(13)27-18/h2-5,10,12,15H,6-9,11H2,1H3,(H,21,25). The van der Waals surface area contributed by atoms with Crippen LogP contribution in [-0.2, 0) is 11.8 Å².